The first-order chi connectivity index (χ1) is 12.4. The van der Waals surface area contributed by atoms with E-state index in [1.54, 1.807) is 0 Å². The van der Waals surface area contributed by atoms with Crippen LogP contribution in [0.2, 0.25) is 0 Å². The van der Waals surface area contributed by atoms with Gasteiger partial charge < -0.3 is 4.74 Å². The molecule has 4 rings (SSSR count). The highest BCUT2D eigenvalue weighted by molar-refractivity contribution is 6.08. The van der Waals surface area contributed by atoms with Gasteiger partial charge in [-0.15, -0.1) is 0 Å². The Balaban J connectivity index is 2.14. The molecular weight excluding hydrogens is 316 g/mol. The second-order valence-corrected chi connectivity index (χ2v) is 7.86. The summed E-state index contributed by atoms with van der Waals surface area (Å²) in [5.41, 5.74) is 3.32. The molecule has 130 valence electrons. The molecule has 0 radical (unpaired) electrons. The number of fused-ring (bicyclic) bond motifs is 2. The van der Waals surface area contributed by atoms with Crippen LogP contribution in [0.5, 0.6) is 5.75 Å². The monoisotopic (exact) mass is 340 g/mol. The van der Waals surface area contributed by atoms with Crippen LogP contribution in [0.1, 0.15) is 26.3 Å². The first-order valence-corrected chi connectivity index (χ1v) is 9.13. The number of aryl methyl sites for hydroxylation is 1. The van der Waals surface area contributed by atoms with Crippen LogP contribution >= 0.6 is 0 Å². The van der Waals surface area contributed by atoms with E-state index in [2.05, 4.69) is 100 Å². The zero-order chi connectivity index (χ0) is 18.3. The molecule has 0 atom stereocenters. The SMILES string of the molecule is Cc1cc2ccccc2c(-c2cccc3ccccc23)c1OC(C)(C)C. The fraction of sp³-hybridized carbons (Fsp3) is 0.200. The van der Waals surface area contributed by atoms with Crippen molar-refractivity contribution in [1.29, 1.82) is 0 Å². The fourth-order valence-electron chi connectivity index (χ4n) is 3.62. The van der Waals surface area contributed by atoms with Crippen molar-refractivity contribution in [3.63, 3.8) is 0 Å². The van der Waals surface area contributed by atoms with Gasteiger partial charge in [-0.25, -0.2) is 0 Å². The van der Waals surface area contributed by atoms with E-state index in [4.69, 9.17) is 4.74 Å². The second-order valence-electron chi connectivity index (χ2n) is 7.86. The smallest absolute Gasteiger partial charge is 0.131 e. The molecule has 0 bridgehead atoms. The average Bonchev–Trinajstić information content (AvgIpc) is 2.61. The maximum absolute atomic E-state index is 6.48. The standard InChI is InChI=1S/C25H24O/c1-17-16-19-11-6-8-14-21(19)23(24(17)26-25(2,3)4)22-15-9-12-18-10-5-7-13-20(18)22/h5-16H,1-4H3. The molecule has 0 aromatic heterocycles. The fourth-order valence-corrected chi connectivity index (χ4v) is 3.62. The van der Waals surface area contributed by atoms with Crippen molar-refractivity contribution in [2.75, 3.05) is 0 Å². The Morgan fingerprint density at radius 2 is 1.31 bits per heavy atom. The van der Waals surface area contributed by atoms with Crippen molar-refractivity contribution in [2.45, 2.75) is 33.3 Å². The van der Waals surface area contributed by atoms with Crippen LogP contribution in [0.15, 0.2) is 72.8 Å². The van der Waals surface area contributed by atoms with E-state index in [1.807, 2.05) is 0 Å². The van der Waals surface area contributed by atoms with Crippen molar-refractivity contribution < 1.29 is 4.74 Å². The van der Waals surface area contributed by atoms with E-state index in [0.717, 1.165) is 5.75 Å². The molecule has 4 aromatic rings. The van der Waals surface area contributed by atoms with E-state index in [9.17, 15) is 0 Å². The second kappa shape index (κ2) is 6.17. The van der Waals surface area contributed by atoms with Crippen LogP contribution in [0.3, 0.4) is 0 Å². The molecule has 0 N–H and O–H groups in total. The molecule has 0 aliphatic rings. The largest absolute Gasteiger partial charge is 0.487 e. The number of hydrogen-bond acceptors (Lipinski definition) is 1. The zero-order valence-electron chi connectivity index (χ0n) is 15.8. The van der Waals surface area contributed by atoms with Gasteiger partial charge in [0.05, 0.1) is 0 Å². The topological polar surface area (TPSA) is 9.23 Å². The molecule has 0 saturated heterocycles. The van der Waals surface area contributed by atoms with Gasteiger partial charge in [-0.1, -0.05) is 66.7 Å². The van der Waals surface area contributed by atoms with E-state index in [0.29, 0.717) is 0 Å². The summed E-state index contributed by atoms with van der Waals surface area (Å²) in [6.45, 7) is 8.46. The lowest BCUT2D eigenvalue weighted by molar-refractivity contribution is 0.131. The number of hydrogen-bond donors (Lipinski definition) is 0. The molecule has 1 heteroatoms. The summed E-state index contributed by atoms with van der Waals surface area (Å²) in [5, 5.41) is 4.98. The lowest BCUT2D eigenvalue weighted by Crippen LogP contribution is -2.24. The molecule has 0 amide bonds. The quantitative estimate of drug-likeness (QED) is 0.376. The van der Waals surface area contributed by atoms with Crippen LogP contribution in [0, 0.1) is 6.92 Å². The zero-order valence-corrected chi connectivity index (χ0v) is 15.8. The van der Waals surface area contributed by atoms with Gasteiger partial charge in [0, 0.05) is 5.56 Å². The van der Waals surface area contributed by atoms with Gasteiger partial charge in [0.25, 0.3) is 0 Å². The molecule has 0 spiro atoms. The highest BCUT2D eigenvalue weighted by atomic mass is 16.5. The minimum absolute atomic E-state index is 0.257. The van der Waals surface area contributed by atoms with E-state index < -0.39 is 0 Å². The van der Waals surface area contributed by atoms with Gasteiger partial charge in [0.2, 0.25) is 0 Å². The number of benzene rings is 4. The van der Waals surface area contributed by atoms with E-state index in [-0.39, 0.29) is 5.60 Å². The van der Waals surface area contributed by atoms with Gasteiger partial charge in [-0.05, 0) is 66.4 Å². The average molecular weight is 340 g/mol. The van der Waals surface area contributed by atoms with Crippen molar-refractivity contribution in [1.82, 2.24) is 0 Å². The van der Waals surface area contributed by atoms with Crippen LogP contribution in [-0.2, 0) is 0 Å². The lowest BCUT2D eigenvalue weighted by atomic mass is 9.91. The Kier molecular flexibility index (Phi) is 3.96. The van der Waals surface area contributed by atoms with Gasteiger partial charge in [-0.2, -0.15) is 0 Å². The van der Waals surface area contributed by atoms with Gasteiger partial charge >= 0.3 is 0 Å². The Labute approximate surface area is 155 Å². The maximum atomic E-state index is 6.48. The molecule has 0 saturated carbocycles. The summed E-state index contributed by atoms with van der Waals surface area (Å²) in [5.74, 6) is 0.979. The minimum atomic E-state index is -0.257. The van der Waals surface area contributed by atoms with E-state index in [1.165, 1.54) is 38.2 Å². The first kappa shape index (κ1) is 16.7. The molecule has 0 aliphatic heterocycles. The van der Waals surface area contributed by atoms with Crippen LogP contribution < -0.4 is 4.74 Å². The van der Waals surface area contributed by atoms with Crippen LogP contribution in [0.4, 0.5) is 0 Å². The van der Waals surface area contributed by atoms with Crippen molar-refractivity contribution >= 4 is 21.5 Å². The van der Waals surface area contributed by atoms with Crippen molar-refractivity contribution in [2.24, 2.45) is 0 Å². The summed E-state index contributed by atoms with van der Waals surface area (Å²) in [6, 6.07) is 25.9. The summed E-state index contributed by atoms with van der Waals surface area (Å²) >= 11 is 0. The molecule has 4 aromatic carbocycles. The third kappa shape index (κ3) is 2.94. The normalized spacial score (nSPS) is 11.8. The Morgan fingerprint density at radius 1 is 0.692 bits per heavy atom. The predicted molar refractivity (Wildman–Crippen MR) is 112 cm³/mol. The summed E-state index contributed by atoms with van der Waals surface area (Å²) in [6.07, 6.45) is 0. The van der Waals surface area contributed by atoms with Gasteiger partial charge in [0.1, 0.15) is 11.4 Å². The van der Waals surface area contributed by atoms with Crippen molar-refractivity contribution in [3.05, 3.63) is 78.4 Å². The molecule has 0 heterocycles. The van der Waals surface area contributed by atoms with E-state index >= 15 is 0 Å². The third-order valence-electron chi connectivity index (χ3n) is 4.65. The maximum Gasteiger partial charge on any atom is 0.131 e. The predicted octanol–water partition coefficient (Wildman–Crippen LogP) is 7.15. The van der Waals surface area contributed by atoms with Crippen molar-refractivity contribution in [3.8, 4) is 16.9 Å². The highest BCUT2D eigenvalue weighted by Gasteiger charge is 2.21. The summed E-state index contributed by atoms with van der Waals surface area (Å²) < 4.78 is 6.48. The lowest BCUT2D eigenvalue weighted by Gasteiger charge is -2.26. The number of ether oxygens (including phenoxy) is 1. The van der Waals surface area contributed by atoms with Gasteiger partial charge in [-0.3, -0.25) is 0 Å². The Morgan fingerprint density at radius 3 is 2.04 bits per heavy atom. The summed E-state index contributed by atoms with van der Waals surface area (Å²) in [7, 11) is 0. The Bertz CT molecular complexity index is 1090. The Hall–Kier alpha value is -2.80. The van der Waals surface area contributed by atoms with Crippen LogP contribution in [-0.4, -0.2) is 5.60 Å². The van der Waals surface area contributed by atoms with Crippen LogP contribution in [0.25, 0.3) is 32.7 Å². The highest BCUT2D eigenvalue weighted by Crippen LogP contribution is 2.43. The van der Waals surface area contributed by atoms with Gasteiger partial charge in [0.15, 0.2) is 0 Å². The number of rotatable bonds is 2. The molecule has 0 fully saturated rings. The molecule has 26 heavy (non-hydrogen) atoms. The molecular formula is C25H24O. The molecule has 0 aliphatic carbocycles. The molecule has 0 unspecified atom stereocenters. The summed E-state index contributed by atoms with van der Waals surface area (Å²) in [4.78, 5) is 0. The molecule has 1 nitrogen and oxygen atoms in total. The first-order valence-electron chi connectivity index (χ1n) is 9.13. The minimum Gasteiger partial charge on any atom is -0.487 e. The third-order valence-corrected chi connectivity index (χ3v) is 4.65.